The van der Waals surface area contributed by atoms with Crippen LogP contribution in [0.5, 0.6) is 51.7 Å². The highest BCUT2D eigenvalue weighted by atomic mass is 16.5. The van der Waals surface area contributed by atoms with Crippen molar-refractivity contribution in [3.8, 4) is 85.5 Å². The zero-order valence-corrected chi connectivity index (χ0v) is 24.9. The summed E-state index contributed by atoms with van der Waals surface area (Å²) in [6, 6.07) is 10.1. The number of benzene rings is 4. The lowest BCUT2D eigenvalue weighted by molar-refractivity contribution is 0.351. The maximum absolute atomic E-state index is 13.5. The number of phenolic OH excluding ortho intramolecular Hbond substituents is 6. The molecular formula is C34H26O13. The number of rotatable bonds is 6. The van der Waals surface area contributed by atoms with E-state index >= 15 is 0 Å². The van der Waals surface area contributed by atoms with E-state index < -0.39 is 62.1 Å². The molecule has 4 aromatic carbocycles. The quantitative estimate of drug-likeness (QED) is 0.113. The Bertz CT molecular complexity index is 2390. The van der Waals surface area contributed by atoms with Crippen molar-refractivity contribution < 1.29 is 54.1 Å². The molecule has 0 atom stereocenters. The first-order chi connectivity index (χ1) is 22.4. The third kappa shape index (κ3) is 4.63. The third-order valence-corrected chi connectivity index (χ3v) is 7.84. The molecule has 0 bridgehead atoms. The van der Waals surface area contributed by atoms with Crippen molar-refractivity contribution in [3.05, 3.63) is 74.5 Å². The van der Waals surface area contributed by atoms with Crippen LogP contribution >= 0.6 is 0 Å². The Morgan fingerprint density at radius 2 is 1.34 bits per heavy atom. The second-order valence-electron chi connectivity index (χ2n) is 10.5. The second kappa shape index (κ2) is 11.1. The first-order valence-electron chi connectivity index (χ1n) is 14.0. The van der Waals surface area contributed by atoms with Gasteiger partial charge in [-0.05, 0) is 48.4 Å². The fraction of sp³-hybridized carbons (Fsp3) is 0.118. The van der Waals surface area contributed by atoms with Crippen molar-refractivity contribution in [1.82, 2.24) is 0 Å². The van der Waals surface area contributed by atoms with Crippen LogP contribution in [0.2, 0.25) is 0 Å². The van der Waals surface area contributed by atoms with Crippen molar-refractivity contribution in [1.29, 1.82) is 0 Å². The summed E-state index contributed by atoms with van der Waals surface area (Å²) in [5.74, 6) is -5.37. The summed E-state index contributed by atoms with van der Waals surface area (Å²) >= 11 is 0. The molecule has 0 aliphatic rings. The van der Waals surface area contributed by atoms with Crippen LogP contribution < -0.4 is 20.3 Å². The molecule has 13 heteroatoms. The van der Waals surface area contributed by atoms with Crippen LogP contribution in [0.4, 0.5) is 0 Å². The average molecular weight is 643 g/mol. The fourth-order valence-electron chi connectivity index (χ4n) is 5.50. The minimum atomic E-state index is -1.17. The van der Waals surface area contributed by atoms with E-state index in [2.05, 4.69) is 0 Å². The lowest BCUT2D eigenvalue weighted by Crippen LogP contribution is -2.06. The highest BCUT2D eigenvalue weighted by Crippen LogP contribution is 2.50. The van der Waals surface area contributed by atoms with Gasteiger partial charge in [-0.2, -0.15) is 0 Å². The second-order valence-corrected chi connectivity index (χ2v) is 10.5. The SMILES string of the molecule is CCc1cc(-c2c(O)cc(O)c3c(=O)c(O)c(-c4ccc(OC)c(O)c4O)oc23)c(O)c2c(=O)cc(-c3ccc(OC)c(O)c3)oc12. The van der Waals surface area contributed by atoms with Crippen LogP contribution in [0, 0.1) is 0 Å². The molecule has 0 saturated heterocycles. The van der Waals surface area contributed by atoms with E-state index in [0.717, 1.165) is 12.1 Å². The van der Waals surface area contributed by atoms with Crippen molar-refractivity contribution in [2.45, 2.75) is 13.3 Å². The summed E-state index contributed by atoms with van der Waals surface area (Å²) in [6.07, 6.45) is 0.246. The number of ether oxygens (including phenoxy) is 2. The van der Waals surface area contributed by atoms with E-state index in [-0.39, 0.29) is 57.1 Å². The minimum absolute atomic E-state index is 0.00699. The van der Waals surface area contributed by atoms with E-state index in [1.165, 1.54) is 44.6 Å². The molecule has 0 unspecified atom stereocenters. The minimum Gasteiger partial charge on any atom is -0.507 e. The van der Waals surface area contributed by atoms with Crippen LogP contribution in [-0.2, 0) is 6.42 Å². The molecule has 0 aliphatic carbocycles. The molecule has 0 saturated carbocycles. The molecule has 0 aliphatic heterocycles. The number of hydrogen-bond donors (Lipinski definition) is 7. The number of hydrogen-bond acceptors (Lipinski definition) is 13. The topological polar surface area (TPSA) is 220 Å². The number of aryl methyl sites for hydroxylation is 1. The number of phenols is 6. The van der Waals surface area contributed by atoms with Gasteiger partial charge in [0.1, 0.15) is 39.4 Å². The molecule has 6 aromatic rings. The summed E-state index contributed by atoms with van der Waals surface area (Å²) in [5.41, 5.74) is -2.53. The molecule has 0 fully saturated rings. The van der Waals surface area contributed by atoms with E-state index in [9.17, 15) is 45.3 Å². The van der Waals surface area contributed by atoms with Crippen LogP contribution in [0.15, 0.2) is 67.0 Å². The first kappa shape index (κ1) is 30.5. The maximum Gasteiger partial charge on any atom is 0.238 e. The van der Waals surface area contributed by atoms with Gasteiger partial charge < -0.3 is 54.1 Å². The molecule has 0 radical (unpaired) electrons. The largest absolute Gasteiger partial charge is 0.507 e. The van der Waals surface area contributed by atoms with Gasteiger partial charge in [-0.1, -0.05) is 6.92 Å². The normalized spacial score (nSPS) is 11.3. The van der Waals surface area contributed by atoms with E-state index in [4.69, 9.17) is 18.3 Å². The zero-order chi connectivity index (χ0) is 33.9. The van der Waals surface area contributed by atoms with Gasteiger partial charge in [-0.25, -0.2) is 0 Å². The monoisotopic (exact) mass is 642 g/mol. The Morgan fingerprint density at radius 3 is 2.00 bits per heavy atom. The lowest BCUT2D eigenvalue weighted by atomic mass is 9.94. The Morgan fingerprint density at radius 1 is 0.638 bits per heavy atom. The fourth-order valence-corrected chi connectivity index (χ4v) is 5.50. The Kier molecular flexibility index (Phi) is 7.23. The van der Waals surface area contributed by atoms with Gasteiger partial charge in [0.15, 0.2) is 39.8 Å². The van der Waals surface area contributed by atoms with Gasteiger partial charge >= 0.3 is 0 Å². The molecule has 47 heavy (non-hydrogen) atoms. The van der Waals surface area contributed by atoms with E-state index in [1.54, 1.807) is 13.0 Å². The van der Waals surface area contributed by atoms with Crippen LogP contribution in [0.1, 0.15) is 12.5 Å². The molecule has 2 aromatic heterocycles. The van der Waals surface area contributed by atoms with Crippen LogP contribution in [-0.4, -0.2) is 50.0 Å². The highest BCUT2D eigenvalue weighted by molar-refractivity contribution is 6.05. The number of methoxy groups -OCH3 is 2. The molecule has 0 amide bonds. The molecule has 13 nitrogen and oxygen atoms in total. The molecule has 240 valence electrons. The Hall–Kier alpha value is -6.50. The summed E-state index contributed by atoms with van der Waals surface area (Å²) in [4.78, 5) is 26.9. The average Bonchev–Trinajstić information content (AvgIpc) is 3.04. The molecule has 7 N–H and O–H groups in total. The maximum atomic E-state index is 13.5. The van der Waals surface area contributed by atoms with E-state index in [0.29, 0.717) is 11.1 Å². The summed E-state index contributed by atoms with van der Waals surface area (Å²) < 4.78 is 22.0. The predicted octanol–water partition coefficient (Wildman–Crippen LogP) is 5.42. The van der Waals surface area contributed by atoms with Crippen LogP contribution in [0.25, 0.3) is 55.7 Å². The predicted molar refractivity (Wildman–Crippen MR) is 169 cm³/mol. The third-order valence-electron chi connectivity index (χ3n) is 7.84. The van der Waals surface area contributed by atoms with Gasteiger partial charge in [0.25, 0.3) is 0 Å². The number of aromatic hydroxyl groups is 7. The number of fused-ring (bicyclic) bond motifs is 2. The van der Waals surface area contributed by atoms with E-state index in [1.807, 2.05) is 0 Å². The van der Waals surface area contributed by atoms with Gasteiger partial charge in [0, 0.05) is 23.3 Å². The summed E-state index contributed by atoms with van der Waals surface area (Å²) in [5, 5.41) is 74.4. The molecule has 2 heterocycles. The smallest absolute Gasteiger partial charge is 0.238 e. The first-order valence-corrected chi connectivity index (χ1v) is 14.0. The Balaban J connectivity index is 1.66. The van der Waals surface area contributed by atoms with Gasteiger partial charge in [0.2, 0.25) is 16.9 Å². The van der Waals surface area contributed by atoms with Gasteiger partial charge in [-0.15, -0.1) is 0 Å². The van der Waals surface area contributed by atoms with Crippen LogP contribution in [0.3, 0.4) is 0 Å². The highest BCUT2D eigenvalue weighted by Gasteiger charge is 2.29. The summed E-state index contributed by atoms with van der Waals surface area (Å²) in [6.45, 7) is 1.74. The molecule has 0 spiro atoms. The van der Waals surface area contributed by atoms with Crippen molar-refractivity contribution in [2.24, 2.45) is 0 Å². The molecule has 6 rings (SSSR count). The zero-order valence-electron chi connectivity index (χ0n) is 24.9. The Labute approximate surface area is 263 Å². The van der Waals surface area contributed by atoms with Crippen molar-refractivity contribution in [2.75, 3.05) is 14.2 Å². The molecular weight excluding hydrogens is 616 g/mol. The van der Waals surface area contributed by atoms with Gasteiger partial charge in [-0.3, -0.25) is 9.59 Å². The lowest BCUT2D eigenvalue weighted by Gasteiger charge is -2.16. The van der Waals surface area contributed by atoms with Gasteiger partial charge in [0.05, 0.1) is 25.3 Å². The van der Waals surface area contributed by atoms with Crippen molar-refractivity contribution in [3.63, 3.8) is 0 Å². The standard InChI is InChI=1S/C34H26O13/c1-4-13-9-16(27(39)25-20(38)12-23(46-32(13)25)14-5-7-21(44-2)17(35)10-14)24-18(36)11-19(37)26-30(42)31(43)33(47-34(24)26)15-6-8-22(45-3)29(41)28(15)40/h5-12,35-37,39-41,43H,4H2,1-3H3. The summed E-state index contributed by atoms with van der Waals surface area (Å²) in [7, 11) is 2.63. The van der Waals surface area contributed by atoms with Crippen molar-refractivity contribution >= 4 is 21.9 Å².